The van der Waals surface area contributed by atoms with Gasteiger partial charge in [-0.05, 0) is 42.1 Å². The van der Waals surface area contributed by atoms with Crippen molar-refractivity contribution in [2.75, 3.05) is 0 Å². The van der Waals surface area contributed by atoms with Gasteiger partial charge in [0.2, 0.25) is 0 Å². The summed E-state index contributed by atoms with van der Waals surface area (Å²) in [6.07, 6.45) is 5.23. The molecule has 0 fully saturated rings. The molecule has 2 aromatic rings. The Bertz CT molecular complexity index is 739. The molecule has 0 aromatic heterocycles. The van der Waals surface area contributed by atoms with Gasteiger partial charge in [0.25, 0.3) is 0 Å². The highest BCUT2D eigenvalue weighted by Crippen LogP contribution is 2.28. The van der Waals surface area contributed by atoms with Gasteiger partial charge in [0, 0.05) is 11.5 Å². The molecule has 2 aliphatic heterocycles. The Balaban J connectivity index is 0.000000179. The lowest BCUT2D eigenvalue weighted by atomic mass is 9.39. The molecule has 0 aliphatic carbocycles. The van der Waals surface area contributed by atoms with Gasteiger partial charge in [-0.15, -0.1) is 0 Å². The predicted octanol–water partition coefficient (Wildman–Crippen LogP) is 4.16. The Morgan fingerprint density at radius 2 is 2.00 bits per heavy atom. The van der Waals surface area contributed by atoms with E-state index >= 15 is 0 Å². The molecule has 0 amide bonds. The van der Waals surface area contributed by atoms with Gasteiger partial charge in [-0.2, -0.15) is 0 Å². The molecule has 0 spiro atoms. The zero-order valence-electron chi connectivity index (χ0n) is 14.2. The summed E-state index contributed by atoms with van der Waals surface area (Å²) in [5, 5.41) is 13.0. The Kier molecular flexibility index (Phi) is 5.09. The predicted molar refractivity (Wildman–Crippen MR) is 103 cm³/mol. The third kappa shape index (κ3) is 3.56. The van der Waals surface area contributed by atoms with Crippen LogP contribution in [0.1, 0.15) is 29.2 Å². The van der Waals surface area contributed by atoms with E-state index in [1.165, 1.54) is 16.7 Å². The van der Waals surface area contributed by atoms with Gasteiger partial charge in [-0.3, -0.25) is 0 Å². The van der Waals surface area contributed by atoms with Crippen molar-refractivity contribution in [2.24, 2.45) is 0 Å². The molecule has 24 heavy (non-hydrogen) atoms. The highest BCUT2D eigenvalue weighted by atomic mass is 16.3. The monoisotopic (exact) mass is 317 g/mol. The molecule has 1 atom stereocenters. The molecule has 3 heteroatoms. The molecule has 4 rings (SSSR count). The van der Waals surface area contributed by atoms with Crippen molar-refractivity contribution in [2.45, 2.75) is 32.0 Å². The van der Waals surface area contributed by atoms with Crippen molar-refractivity contribution < 1.29 is 5.11 Å². The smallest absolute Gasteiger partial charge is 0.198 e. The first-order chi connectivity index (χ1) is 11.7. The first-order valence-electron chi connectivity index (χ1n) is 8.64. The van der Waals surface area contributed by atoms with Crippen LogP contribution in [-0.2, 0) is 19.2 Å². The number of rotatable bonds is 2. The highest BCUT2D eigenvalue weighted by Gasteiger charge is 2.33. The lowest BCUT2D eigenvalue weighted by Crippen LogP contribution is -2.42. The lowest BCUT2D eigenvalue weighted by molar-refractivity contribution is 0.512. The largest absolute Gasteiger partial charge is 0.508 e. The fourth-order valence-electron chi connectivity index (χ4n) is 3.50. The molecule has 122 valence electrons. The van der Waals surface area contributed by atoms with Gasteiger partial charge >= 0.3 is 0 Å². The van der Waals surface area contributed by atoms with E-state index in [9.17, 15) is 5.11 Å². The third-order valence-electron chi connectivity index (χ3n) is 4.89. The molecule has 2 aliphatic rings. The van der Waals surface area contributed by atoms with Crippen LogP contribution in [0, 0.1) is 0 Å². The maximum atomic E-state index is 9.59. The normalized spacial score (nSPS) is 17.2. The van der Waals surface area contributed by atoms with Crippen LogP contribution in [-0.4, -0.2) is 17.8 Å². The van der Waals surface area contributed by atoms with Crippen molar-refractivity contribution in [1.29, 1.82) is 0 Å². The second kappa shape index (κ2) is 7.44. The molecule has 0 bridgehead atoms. The van der Waals surface area contributed by atoms with Crippen LogP contribution in [0.25, 0.3) is 5.76 Å². The van der Waals surface area contributed by atoms with E-state index < -0.39 is 0 Å². The molecular formula is C21H24BNO. The topological polar surface area (TPSA) is 32.3 Å². The van der Waals surface area contributed by atoms with E-state index in [1.54, 1.807) is 0 Å². The van der Waals surface area contributed by atoms with Crippen LogP contribution in [0.2, 0.25) is 0 Å². The zero-order valence-corrected chi connectivity index (χ0v) is 14.2. The number of fused-ring (bicyclic) bond motifs is 2. The second-order valence-electron chi connectivity index (χ2n) is 6.43. The molecule has 0 saturated carbocycles. The van der Waals surface area contributed by atoms with Crippen LogP contribution < -0.4 is 5.32 Å². The van der Waals surface area contributed by atoms with E-state index in [0.29, 0.717) is 12.7 Å². The van der Waals surface area contributed by atoms with Gasteiger partial charge in [0.1, 0.15) is 5.76 Å². The average molecular weight is 317 g/mol. The van der Waals surface area contributed by atoms with E-state index in [1.807, 2.05) is 18.2 Å². The maximum Gasteiger partial charge on any atom is 0.198 e. The van der Waals surface area contributed by atoms with Crippen LogP contribution in [0.5, 0.6) is 0 Å². The first kappa shape index (κ1) is 16.4. The third-order valence-corrected chi connectivity index (χ3v) is 4.89. The molecule has 2 N–H and O–H groups in total. The van der Waals surface area contributed by atoms with Crippen LogP contribution >= 0.6 is 0 Å². The SMILES string of the molecule is C=C(O)c1cccc2c1CB1C=CNC1C2.CCc1ccccc1. The van der Waals surface area contributed by atoms with Crippen molar-refractivity contribution in [3.63, 3.8) is 0 Å². The first-order valence-corrected chi connectivity index (χ1v) is 8.64. The maximum absolute atomic E-state index is 9.59. The molecule has 2 heterocycles. The summed E-state index contributed by atoms with van der Waals surface area (Å²) >= 11 is 0. The van der Waals surface area contributed by atoms with Crippen molar-refractivity contribution in [3.8, 4) is 0 Å². The average Bonchev–Trinajstić information content (AvgIpc) is 3.07. The summed E-state index contributed by atoms with van der Waals surface area (Å²) < 4.78 is 0. The highest BCUT2D eigenvalue weighted by molar-refractivity contribution is 6.66. The molecule has 1 unspecified atom stereocenters. The number of hydrogen-bond acceptors (Lipinski definition) is 2. The lowest BCUT2D eigenvalue weighted by Gasteiger charge is -2.27. The summed E-state index contributed by atoms with van der Waals surface area (Å²) in [6, 6.07) is 16.6. The molecule has 0 saturated heterocycles. The van der Waals surface area contributed by atoms with Crippen molar-refractivity contribution in [3.05, 3.63) is 89.5 Å². The fraction of sp³-hybridized carbons (Fsp3) is 0.238. The Morgan fingerprint density at radius 1 is 1.21 bits per heavy atom. The summed E-state index contributed by atoms with van der Waals surface area (Å²) in [4.78, 5) is 0. The Hall–Kier alpha value is -2.42. The van der Waals surface area contributed by atoms with Crippen molar-refractivity contribution >= 4 is 12.5 Å². The minimum absolute atomic E-state index is 0.185. The standard InChI is InChI=1S/C13H14BNO.C8H10/c1-9(16)11-4-2-3-10-7-13-14(5-6-15-13)8-12(10)11;1-2-8-6-4-3-5-7-8/h2-6,13,15-16H,1,7-8H2;3-7H,2H2,1H3. The number of aryl methyl sites for hydroxylation is 1. The molecular weight excluding hydrogens is 293 g/mol. The summed E-state index contributed by atoms with van der Waals surface area (Å²) in [6.45, 7) is 6.37. The van der Waals surface area contributed by atoms with E-state index in [4.69, 9.17) is 0 Å². The molecule has 0 radical (unpaired) electrons. The molecule has 2 nitrogen and oxygen atoms in total. The number of benzene rings is 2. The van der Waals surface area contributed by atoms with E-state index in [2.05, 4.69) is 61.3 Å². The summed E-state index contributed by atoms with van der Waals surface area (Å²) in [7, 11) is 0. The van der Waals surface area contributed by atoms with E-state index in [-0.39, 0.29) is 5.76 Å². The van der Waals surface area contributed by atoms with Crippen LogP contribution in [0.4, 0.5) is 0 Å². The zero-order chi connectivity index (χ0) is 16.9. The number of hydrogen-bond donors (Lipinski definition) is 2. The Morgan fingerprint density at radius 3 is 2.67 bits per heavy atom. The summed E-state index contributed by atoms with van der Waals surface area (Å²) in [5.41, 5.74) is 4.93. The number of aliphatic hydroxyl groups excluding tert-OH is 1. The van der Waals surface area contributed by atoms with Gasteiger partial charge in [0.15, 0.2) is 6.71 Å². The summed E-state index contributed by atoms with van der Waals surface area (Å²) in [5.74, 6) is 2.95. The minimum atomic E-state index is 0.185. The Labute approximate surface area is 145 Å². The minimum Gasteiger partial charge on any atom is -0.508 e. The van der Waals surface area contributed by atoms with Gasteiger partial charge in [0.05, 0.1) is 0 Å². The van der Waals surface area contributed by atoms with Gasteiger partial charge < -0.3 is 10.4 Å². The van der Waals surface area contributed by atoms with Crippen LogP contribution in [0.15, 0.2) is 67.3 Å². The van der Waals surface area contributed by atoms with Crippen molar-refractivity contribution in [1.82, 2.24) is 5.32 Å². The van der Waals surface area contributed by atoms with Crippen LogP contribution in [0.3, 0.4) is 0 Å². The second-order valence-corrected chi connectivity index (χ2v) is 6.43. The van der Waals surface area contributed by atoms with E-state index in [0.717, 1.165) is 24.7 Å². The quantitative estimate of drug-likeness (QED) is 0.644. The van der Waals surface area contributed by atoms with Gasteiger partial charge in [-0.1, -0.05) is 68.0 Å². The fourth-order valence-corrected chi connectivity index (χ4v) is 3.50. The number of aliphatic hydroxyl groups is 1. The van der Waals surface area contributed by atoms with Gasteiger partial charge in [-0.25, -0.2) is 0 Å². The molecule has 2 aromatic carbocycles. The number of nitrogens with one attached hydrogen (secondary N) is 1.